The van der Waals surface area contributed by atoms with E-state index >= 15 is 0 Å². The summed E-state index contributed by atoms with van der Waals surface area (Å²) in [5.41, 5.74) is 7.06. The fourth-order valence-electron chi connectivity index (χ4n) is 4.62. The van der Waals surface area contributed by atoms with Gasteiger partial charge in [-0.3, -0.25) is 4.79 Å². The Labute approximate surface area is 149 Å². The Kier molecular flexibility index (Phi) is 4.73. The van der Waals surface area contributed by atoms with Gasteiger partial charge in [0.1, 0.15) is 0 Å². The van der Waals surface area contributed by atoms with Crippen molar-refractivity contribution in [1.29, 1.82) is 0 Å². The first kappa shape index (κ1) is 16.6. The van der Waals surface area contributed by atoms with E-state index in [9.17, 15) is 4.79 Å². The van der Waals surface area contributed by atoms with Crippen LogP contribution in [0.1, 0.15) is 32.1 Å². The number of amides is 1. The van der Waals surface area contributed by atoms with Crippen LogP contribution in [0.25, 0.3) is 10.8 Å². The fraction of sp³-hybridized carbons (Fsp3) is 0.476. The molecule has 0 aromatic heterocycles. The van der Waals surface area contributed by atoms with E-state index in [-0.39, 0.29) is 5.91 Å². The van der Waals surface area contributed by atoms with Gasteiger partial charge in [0, 0.05) is 11.7 Å². The van der Waals surface area contributed by atoms with Crippen LogP contribution < -0.4 is 16.4 Å². The minimum Gasteiger partial charge on any atom is -0.325 e. The Bertz CT molecular complexity index is 760. The van der Waals surface area contributed by atoms with Gasteiger partial charge in [-0.1, -0.05) is 43.2 Å². The molecular formula is C21H27N3O. The van der Waals surface area contributed by atoms with Gasteiger partial charge in [-0.05, 0) is 60.5 Å². The molecule has 0 bridgehead atoms. The monoisotopic (exact) mass is 337 g/mol. The maximum absolute atomic E-state index is 12.5. The van der Waals surface area contributed by atoms with E-state index in [4.69, 9.17) is 5.73 Å². The van der Waals surface area contributed by atoms with E-state index in [1.54, 1.807) is 0 Å². The first-order chi connectivity index (χ1) is 12.2. The summed E-state index contributed by atoms with van der Waals surface area (Å²) < 4.78 is 0. The predicted octanol–water partition coefficient (Wildman–Crippen LogP) is 3.27. The molecule has 1 amide bonds. The fourth-order valence-corrected chi connectivity index (χ4v) is 4.62. The van der Waals surface area contributed by atoms with Gasteiger partial charge < -0.3 is 16.4 Å². The van der Waals surface area contributed by atoms with Crippen molar-refractivity contribution in [1.82, 2.24) is 5.32 Å². The van der Waals surface area contributed by atoms with Gasteiger partial charge >= 0.3 is 0 Å². The number of nitrogens with one attached hydrogen (secondary N) is 2. The molecule has 2 aromatic carbocycles. The van der Waals surface area contributed by atoms with Crippen molar-refractivity contribution in [2.75, 3.05) is 11.9 Å². The van der Waals surface area contributed by atoms with E-state index in [0.717, 1.165) is 24.0 Å². The second-order valence-corrected chi connectivity index (χ2v) is 7.62. The number of anilines is 1. The highest BCUT2D eigenvalue weighted by molar-refractivity contribution is 5.97. The summed E-state index contributed by atoms with van der Waals surface area (Å²) in [6.07, 6.45) is 5.97. The van der Waals surface area contributed by atoms with E-state index in [1.807, 2.05) is 30.3 Å². The molecule has 1 aliphatic carbocycles. The minimum absolute atomic E-state index is 0.0745. The molecular weight excluding hydrogens is 310 g/mol. The lowest BCUT2D eigenvalue weighted by molar-refractivity contribution is -0.117. The van der Waals surface area contributed by atoms with Crippen molar-refractivity contribution >= 4 is 22.4 Å². The van der Waals surface area contributed by atoms with Crippen molar-refractivity contribution in [3.63, 3.8) is 0 Å². The lowest BCUT2D eigenvalue weighted by Gasteiger charge is -2.29. The van der Waals surface area contributed by atoms with Crippen molar-refractivity contribution < 1.29 is 4.79 Å². The quantitative estimate of drug-likeness (QED) is 0.802. The second kappa shape index (κ2) is 7.14. The van der Waals surface area contributed by atoms with Gasteiger partial charge in [-0.15, -0.1) is 0 Å². The Morgan fingerprint density at radius 1 is 1.16 bits per heavy atom. The van der Waals surface area contributed by atoms with Crippen molar-refractivity contribution in [3.8, 4) is 0 Å². The molecule has 25 heavy (non-hydrogen) atoms. The molecule has 2 fully saturated rings. The summed E-state index contributed by atoms with van der Waals surface area (Å²) in [6, 6.07) is 14.3. The van der Waals surface area contributed by atoms with Gasteiger partial charge in [0.2, 0.25) is 5.91 Å². The van der Waals surface area contributed by atoms with Crippen molar-refractivity contribution in [3.05, 3.63) is 42.5 Å². The third-order valence-corrected chi connectivity index (χ3v) is 5.98. The van der Waals surface area contributed by atoms with Gasteiger partial charge in [0.15, 0.2) is 0 Å². The average molecular weight is 337 g/mol. The van der Waals surface area contributed by atoms with Crippen LogP contribution in [-0.4, -0.2) is 24.5 Å². The molecule has 4 atom stereocenters. The lowest BCUT2D eigenvalue weighted by Crippen LogP contribution is -2.39. The predicted molar refractivity (Wildman–Crippen MR) is 102 cm³/mol. The SMILES string of the molecule is NC(CC1CNC2CCCCC12)C(=O)Nc1ccc2ccccc2c1. The summed E-state index contributed by atoms with van der Waals surface area (Å²) in [7, 11) is 0. The smallest absolute Gasteiger partial charge is 0.241 e. The second-order valence-electron chi connectivity index (χ2n) is 7.62. The van der Waals surface area contributed by atoms with E-state index in [1.165, 1.54) is 31.1 Å². The van der Waals surface area contributed by atoms with Crippen molar-refractivity contribution in [2.45, 2.75) is 44.2 Å². The molecule has 132 valence electrons. The molecule has 0 spiro atoms. The van der Waals surface area contributed by atoms with Gasteiger partial charge in [0.05, 0.1) is 6.04 Å². The standard InChI is InChI=1S/C21H27N3O/c22-19(12-16-13-23-20-8-4-3-7-18(16)20)21(25)24-17-10-9-14-5-1-2-6-15(14)11-17/h1-2,5-6,9-11,16,18-20,23H,3-4,7-8,12-13,22H2,(H,24,25). The normalized spacial score (nSPS) is 27.0. The van der Waals surface area contributed by atoms with Crippen LogP contribution in [0.4, 0.5) is 5.69 Å². The van der Waals surface area contributed by atoms with E-state index in [2.05, 4.69) is 22.8 Å². The highest BCUT2D eigenvalue weighted by atomic mass is 16.2. The van der Waals surface area contributed by atoms with Gasteiger partial charge in [0.25, 0.3) is 0 Å². The molecule has 1 aliphatic heterocycles. The molecule has 1 saturated heterocycles. The first-order valence-electron chi connectivity index (χ1n) is 9.49. The van der Waals surface area contributed by atoms with Crippen LogP contribution in [0.5, 0.6) is 0 Å². The molecule has 1 heterocycles. The molecule has 1 saturated carbocycles. The van der Waals surface area contributed by atoms with Gasteiger partial charge in [-0.25, -0.2) is 0 Å². The third kappa shape index (κ3) is 3.55. The van der Waals surface area contributed by atoms with Crippen molar-refractivity contribution in [2.24, 2.45) is 17.6 Å². The summed E-state index contributed by atoms with van der Waals surface area (Å²) in [5.74, 6) is 1.16. The van der Waals surface area contributed by atoms with E-state index < -0.39 is 6.04 Å². The summed E-state index contributed by atoms with van der Waals surface area (Å²) in [6.45, 7) is 1.01. The number of benzene rings is 2. The molecule has 0 radical (unpaired) electrons. The average Bonchev–Trinajstić information content (AvgIpc) is 3.04. The molecule has 2 aliphatic rings. The molecule has 4 N–H and O–H groups in total. The summed E-state index contributed by atoms with van der Waals surface area (Å²) in [5, 5.41) is 8.93. The molecule has 4 unspecified atom stereocenters. The maximum Gasteiger partial charge on any atom is 0.241 e. The van der Waals surface area contributed by atoms with Crippen LogP contribution in [0.3, 0.4) is 0 Å². The summed E-state index contributed by atoms with van der Waals surface area (Å²) >= 11 is 0. The van der Waals surface area contributed by atoms with E-state index in [0.29, 0.717) is 17.9 Å². The highest BCUT2D eigenvalue weighted by Gasteiger charge is 2.38. The molecule has 4 heteroatoms. The molecule has 4 nitrogen and oxygen atoms in total. The number of fused-ring (bicyclic) bond motifs is 2. The zero-order valence-corrected chi connectivity index (χ0v) is 14.6. The number of hydrogen-bond acceptors (Lipinski definition) is 3. The third-order valence-electron chi connectivity index (χ3n) is 5.98. The Morgan fingerprint density at radius 3 is 2.84 bits per heavy atom. The molecule has 4 rings (SSSR count). The minimum atomic E-state index is -0.445. The zero-order chi connectivity index (χ0) is 17.2. The zero-order valence-electron chi connectivity index (χ0n) is 14.6. The largest absolute Gasteiger partial charge is 0.325 e. The topological polar surface area (TPSA) is 67.1 Å². The first-order valence-corrected chi connectivity index (χ1v) is 9.49. The number of hydrogen-bond donors (Lipinski definition) is 3. The Balaban J connectivity index is 1.38. The van der Waals surface area contributed by atoms with Crippen LogP contribution in [0.15, 0.2) is 42.5 Å². The Morgan fingerprint density at radius 2 is 1.96 bits per heavy atom. The van der Waals surface area contributed by atoms with Crippen LogP contribution in [0.2, 0.25) is 0 Å². The van der Waals surface area contributed by atoms with Crippen LogP contribution in [0, 0.1) is 11.8 Å². The number of carbonyl (C=O) groups is 1. The highest BCUT2D eigenvalue weighted by Crippen LogP contribution is 2.36. The van der Waals surface area contributed by atoms with Crippen LogP contribution in [-0.2, 0) is 4.79 Å². The molecule has 2 aromatic rings. The number of nitrogens with two attached hydrogens (primary N) is 1. The number of rotatable bonds is 4. The summed E-state index contributed by atoms with van der Waals surface area (Å²) in [4.78, 5) is 12.5. The van der Waals surface area contributed by atoms with Crippen LogP contribution >= 0.6 is 0 Å². The Hall–Kier alpha value is -1.91. The maximum atomic E-state index is 12.5. The number of carbonyl (C=O) groups excluding carboxylic acids is 1. The lowest BCUT2D eigenvalue weighted by atomic mass is 9.77. The van der Waals surface area contributed by atoms with Gasteiger partial charge in [-0.2, -0.15) is 0 Å².